The topological polar surface area (TPSA) is 80.7 Å². The Hall–Kier alpha value is -0.460. The summed E-state index contributed by atoms with van der Waals surface area (Å²) < 4.78 is 28.4. The Balaban J connectivity index is 2.24. The molecule has 104 valence electrons. The third kappa shape index (κ3) is 1.90. The van der Waals surface area contributed by atoms with Gasteiger partial charge in [-0.05, 0) is 24.2 Å². The van der Waals surface area contributed by atoms with Crippen molar-refractivity contribution in [3.8, 4) is 0 Å². The quantitative estimate of drug-likeness (QED) is 0.748. The van der Waals surface area contributed by atoms with Crippen LogP contribution in [0.2, 0.25) is 0 Å². The van der Waals surface area contributed by atoms with Crippen LogP contribution in [0.15, 0.2) is 0 Å². The van der Waals surface area contributed by atoms with Crippen molar-refractivity contribution in [2.45, 2.75) is 33.1 Å². The number of rotatable bonds is 5. The van der Waals surface area contributed by atoms with Gasteiger partial charge in [0.25, 0.3) is 10.1 Å². The fourth-order valence-electron chi connectivity index (χ4n) is 3.62. The number of carbonyl (C=O) groups excluding carboxylic acids is 1. The first kappa shape index (κ1) is 14.0. The molecular formula is C12H20O5S. The number of aliphatic hydroxyl groups excluding tert-OH is 1. The van der Waals surface area contributed by atoms with Gasteiger partial charge in [0.05, 0.1) is 24.4 Å². The lowest BCUT2D eigenvalue weighted by molar-refractivity contribution is -0.128. The molecule has 0 saturated heterocycles. The summed E-state index contributed by atoms with van der Waals surface area (Å²) in [4.78, 5) is 12.2. The molecule has 2 unspecified atom stereocenters. The Morgan fingerprint density at radius 2 is 2.11 bits per heavy atom. The van der Waals surface area contributed by atoms with Gasteiger partial charge in [-0.15, -0.1) is 0 Å². The number of hydrogen-bond donors (Lipinski definition) is 1. The molecule has 6 heteroatoms. The highest BCUT2D eigenvalue weighted by molar-refractivity contribution is 7.86. The van der Waals surface area contributed by atoms with E-state index in [0.29, 0.717) is 12.8 Å². The van der Waals surface area contributed by atoms with Crippen LogP contribution in [0.4, 0.5) is 0 Å². The third-order valence-corrected chi connectivity index (χ3v) is 6.29. The molecule has 18 heavy (non-hydrogen) atoms. The minimum absolute atomic E-state index is 0.0555. The summed E-state index contributed by atoms with van der Waals surface area (Å²) in [6.07, 6.45) is 2.03. The summed E-state index contributed by atoms with van der Waals surface area (Å²) in [6.45, 7) is 3.39. The van der Waals surface area contributed by atoms with Gasteiger partial charge in [-0.3, -0.25) is 8.98 Å². The van der Waals surface area contributed by atoms with Crippen LogP contribution in [0.3, 0.4) is 0 Å². The molecule has 0 heterocycles. The average Bonchev–Trinajstić information content (AvgIpc) is 2.59. The van der Waals surface area contributed by atoms with Crippen molar-refractivity contribution in [1.82, 2.24) is 0 Å². The Kier molecular flexibility index (Phi) is 3.32. The van der Waals surface area contributed by atoms with E-state index in [1.54, 1.807) is 0 Å². The highest BCUT2D eigenvalue weighted by atomic mass is 32.2. The number of aliphatic hydroxyl groups is 1. The number of ketones is 1. The first-order chi connectivity index (χ1) is 8.25. The molecule has 2 aliphatic rings. The van der Waals surface area contributed by atoms with E-state index in [1.807, 2.05) is 13.8 Å². The maximum Gasteiger partial charge on any atom is 0.268 e. The van der Waals surface area contributed by atoms with Gasteiger partial charge in [-0.2, -0.15) is 8.42 Å². The van der Waals surface area contributed by atoms with E-state index in [9.17, 15) is 13.2 Å². The minimum Gasteiger partial charge on any atom is -0.394 e. The van der Waals surface area contributed by atoms with Gasteiger partial charge in [0.2, 0.25) is 0 Å². The zero-order valence-corrected chi connectivity index (χ0v) is 11.6. The van der Waals surface area contributed by atoms with Crippen molar-refractivity contribution in [2.24, 2.45) is 16.7 Å². The predicted molar refractivity (Wildman–Crippen MR) is 65.4 cm³/mol. The van der Waals surface area contributed by atoms with Gasteiger partial charge in [-0.25, -0.2) is 0 Å². The van der Waals surface area contributed by atoms with Crippen molar-refractivity contribution in [3.05, 3.63) is 0 Å². The SMILES string of the molecule is CC1(C)C2CCC1(CS(=O)(=O)OCCO)C(=O)C2. The van der Waals surface area contributed by atoms with Crippen LogP contribution in [-0.2, 0) is 19.1 Å². The molecule has 2 bridgehead atoms. The summed E-state index contributed by atoms with van der Waals surface area (Å²) in [5, 5.41) is 8.62. The summed E-state index contributed by atoms with van der Waals surface area (Å²) >= 11 is 0. The molecular weight excluding hydrogens is 256 g/mol. The van der Waals surface area contributed by atoms with Gasteiger partial charge in [0.1, 0.15) is 5.78 Å². The molecule has 0 aromatic heterocycles. The number of carbonyl (C=O) groups is 1. The number of fused-ring (bicyclic) bond motifs is 2. The van der Waals surface area contributed by atoms with Crippen LogP contribution < -0.4 is 0 Å². The molecule has 2 fully saturated rings. The summed E-state index contributed by atoms with van der Waals surface area (Å²) in [5.41, 5.74) is -1.06. The van der Waals surface area contributed by atoms with Crippen LogP contribution in [0.25, 0.3) is 0 Å². The third-order valence-electron chi connectivity index (χ3n) is 4.92. The fourth-order valence-corrected chi connectivity index (χ4v) is 5.31. The van der Waals surface area contributed by atoms with Crippen molar-refractivity contribution in [3.63, 3.8) is 0 Å². The first-order valence-electron chi connectivity index (χ1n) is 6.26. The summed E-state index contributed by atoms with van der Waals surface area (Å²) in [6, 6.07) is 0. The molecule has 0 amide bonds. The Morgan fingerprint density at radius 3 is 2.56 bits per heavy atom. The highest BCUT2D eigenvalue weighted by Crippen LogP contribution is 2.64. The second-order valence-corrected chi connectivity index (χ2v) is 7.55. The normalized spacial score (nSPS) is 34.2. The Bertz CT molecular complexity index is 453. The van der Waals surface area contributed by atoms with Gasteiger partial charge >= 0.3 is 0 Å². The first-order valence-corrected chi connectivity index (χ1v) is 7.84. The lowest BCUT2D eigenvalue weighted by atomic mass is 9.70. The Morgan fingerprint density at radius 1 is 1.44 bits per heavy atom. The molecule has 2 saturated carbocycles. The van der Waals surface area contributed by atoms with E-state index in [4.69, 9.17) is 9.29 Å². The largest absolute Gasteiger partial charge is 0.394 e. The number of hydrogen-bond acceptors (Lipinski definition) is 5. The van der Waals surface area contributed by atoms with E-state index < -0.39 is 15.5 Å². The van der Waals surface area contributed by atoms with Gasteiger partial charge in [0, 0.05) is 6.42 Å². The maximum atomic E-state index is 12.2. The van der Waals surface area contributed by atoms with Crippen molar-refractivity contribution in [2.75, 3.05) is 19.0 Å². The standard InChI is InChI=1S/C12H20O5S/c1-11(2)9-3-4-12(11,10(14)7-9)8-18(15,16)17-6-5-13/h9,13H,3-8H2,1-2H3. The smallest absolute Gasteiger partial charge is 0.268 e. The second-order valence-electron chi connectivity index (χ2n) is 5.91. The van der Waals surface area contributed by atoms with Crippen LogP contribution >= 0.6 is 0 Å². The van der Waals surface area contributed by atoms with Crippen LogP contribution in [-0.4, -0.2) is 38.3 Å². The van der Waals surface area contributed by atoms with E-state index in [1.165, 1.54) is 0 Å². The molecule has 0 aromatic carbocycles. The zero-order valence-electron chi connectivity index (χ0n) is 10.8. The van der Waals surface area contributed by atoms with Crippen molar-refractivity contribution in [1.29, 1.82) is 0 Å². The molecule has 0 aromatic rings. The average molecular weight is 276 g/mol. The van der Waals surface area contributed by atoms with Gasteiger partial charge in [0.15, 0.2) is 0 Å². The molecule has 0 aliphatic heterocycles. The highest BCUT2D eigenvalue weighted by Gasteiger charge is 2.65. The zero-order chi connectivity index (χ0) is 13.6. The summed E-state index contributed by atoms with van der Waals surface area (Å²) in [7, 11) is -3.76. The van der Waals surface area contributed by atoms with Gasteiger partial charge in [-0.1, -0.05) is 13.8 Å². The van der Waals surface area contributed by atoms with Crippen molar-refractivity contribution >= 4 is 15.9 Å². The molecule has 5 nitrogen and oxygen atoms in total. The van der Waals surface area contributed by atoms with E-state index >= 15 is 0 Å². The fraction of sp³-hybridized carbons (Fsp3) is 0.917. The Labute approximate surface area is 108 Å². The molecule has 2 atom stereocenters. The minimum atomic E-state index is -3.76. The van der Waals surface area contributed by atoms with Crippen LogP contribution in [0.1, 0.15) is 33.1 Å². The van der Waals surface area contributed by atoms with Crippen LogP contribution in [0.5, 0.6) is 0 Å². The van der Waals surface area contributed by atoms with Crippen molar-refractivity contribution < 1.29 is 22.5 Å². The monoisotopic (exact) mass is 276 g/mol. The molecule has 2 rings (SSSR count). The maximum absolute atomic E-state index is 12.2. The lowest BCUT2D eigenvalue weighted by Crippen LogP contribution is -2.42. The lowest BCUT2D eigenvalue weighted by Gasteiger charge is -2.35. The molecule has 0 spiro atoms. The van der Waals surface area contributed by atoms with E-state index in [0.717, 1.165) is 6.42 Å². The van der Waals surface area contributed by atoms with Gasteiger partial charge < -0.3 is 5.11 Å². The van der Waals surface area contributed by atoms with E-state index in [2.05, 4.69) is 0 Å². The molecule has 0 radical (unpaired) electrons. The predicted octanol–water partition coefficient (Wildman–Crippen LogP) is 0.721. The molecule has 2 aliphatic carbocycles. The number of Topliss-reactive ketones (excluding diaryl/α,β-unsaturated/α-hetero) is 1. The second kappa shape index (κ2) is 4.28. The van der Waals surface area contributed by atoms with Crippen LogP contribution in [0, 0.1) is 16.7 Å². The van der Waals surface area contributed by atoms with E-state index in [-0.39, 0.29) is 36.1 Å². The summed E-state index contributed by atoms with van der Waals surface area (Å²) in [5.74, 6) is 0.0977. The molecule has 1 N–H and O–H groups in total.